The van der Waals surface area contributed by atoms with Gasteiger partial charge in [0.2, 0.25) is 0 Å². The van der Waals surface area contributed by atoms with E-state index in [1.807, 2.05) is 6.08 Å². The zero-order valence-corrected chi connectivity index (χ0v) is 10.2. The standard InChI is InChI=1S/C10H19ClSi/c1-6-7-8-12(11,9(2)3)10(4)5/h6-10H,1H2,2-5H3/b8-7+. The van der Waals surface area contributed by atoms with Gasteiger partial charge in [-0.15, -0.1) is 0 Å². The Hall–Kier alpha value is -0.0131. The van der Waals surface area contributed by atoms with Crippen molar-refractivity contribution in [2.75, 3.05) is 0 Å². The van der Waals surface area contributed by atoms with Gasteiger partial charge in [-0.1, -0.05) is 52.1 Å². The maximum atomic E-state index is 6.59. The first-order valence-corrected chi connectivity index (χ1v) is 7.68. The van der Waals surface area contributed by atoms with Gasteiger partial charge in [0.1, 0.15) is 0 Å². The number of rotatable bonds is 4. The van der Waals surface area contributed by atoms with Crippen molar-refractivity contribution in [1.29, 1.82) is 0 Å². The summed E-state index contributed by atoms with van der Waals surface area (Å²) in [6.07, 6.45) is 3.79. The molecule has 0 nitrogen and oxygen atoms in total. The number of halogens is 1. The Morgan fingerprint density at radius 2 is 1.58 bits per heavy atom. The monoisotopic (exact) mass is 202 g/mol. The third-order valence-electron chi connectivity index (χ3n) is 2.26. The lowest BCUT2D eigenvalue weighted by Gasteiger charge is -2.29. The van der Waals surface area contributed by atoms with Crippen LogP contribution in [0.4, 0.5) is 0 Å². The van der Waals surface area contributed by atoms with Crippen molar-refractivity contribution in [3.63, 3.8) is 0 Å². The molecule has 70 valence electrons. The van der Waals surface area contributed by atoms with Crippen LogP contribution in [0, 0.1) is 0 Å². The molecule has 0 spiro atoms. The zero-order valence-electron chi connectivity index (χ0n) is 8.47. The summed E-state index contributed by atoms with van der Waals surface area (Å²) in [5.41, 5.74) is 3.34. The normalized spacial score (nSPS) is 13.2. The molecule has 0 unspecified atom stereocenters. The molecule has 0 aromatic carbocycles. The first kappa shape index (κ1) is 12.0. The Balaban J connectivity index is 4.61. The van der Waals surface area contributed by atoms with Crippen LogP contribution in [0.3, 0.4) is 0 Å². The van der Waals surface area contributed by atoms with Gasteiger partial charge < -0.3 is 0 Å². The molecule has 0 N–H and O–H groups in total. The van der Waals surface area contributed by atoms with Crippen molar-refractivity contribution in [3.8, 4) is 0 Å². The van der Waals surface area contributed by atoms with Gasteiger partial charge in [0.15, 0.2) is 7.38 Å². The summed E-state index contributed by atoms with van der Waals surface area (Å²) in [6.45, 7) is 12.5. The van der Waals surface area contributed by atoms with E-state index in [-0.39, 0.29) is 0 Å². The van der Waals surface area contributed by atoms with Crippen molar-refractivity contribution in [1.82, 2.24) is 0 Å². The molecule has 0 aliphatic carbocycles. The van der Waals surface area contributed by atoms with Gasteiger partial charge in [-0.2, -0.15) is 11.1 Å². The summed E-state index contributed by atoms with van der Waals surface area (Å²) in [4.78, 5) is 0. The average molecular weight is 203 g/mol. The van der Waals surface area contributed by atoms with Crippen LogP contribution in [-0.2, 0) is 0 Å². The fraction of sp³-hybridized carbons (Fsp3) is 0.600. The van der Waals surface area contributed by atoms with Crippen molar-refractivity contribution in [2.45, 2.75) is 38.8 Å². The minimum atomic E-state index is -1.70. The molecule has 0 atom stereocenters. The molecule has 0 aliphatic heterocycles. The lowest BCUT2D eigenvalue weighted by atomic mass is 10.5. The molecule has 0 saturated carbocycles. The highest BCUT2D eigenvalue weighted by Gasteiger charge is 2.35. The first-order valence-electron chi connectivity index (χ1n) is 4.44. The van der Waals surface area contributed by atoms with Gasteiger partial charge >= 0.3 is 0 Å². The summed E-state index contributed by atoms with van der Waals surface area (Å²) in [5, 5.41) is 0. The van der Waals surface area contributed by atoms with Crippen molar-refractivity contribution in [3.05, 3.63) is 24.4 Å². The Kier molecular flexibility index (Phi) is 4.87. The van der Waals surface area contributed by atoms with E-state index in [2.05, 4.69) is 40.0 Å². The maximum absolute atomic E-state index is 6.59. The predicted octanol–water partition coefficient (Wildman–Crippen LogP) is 4.27. The molecular formula is C10H19ClSi. The third kappa shape index (κ3) is 2.80. The van der Waals surface area contributed by atoms with Gasteiger partial charge in [-0.05, 0) is 11.1 Å². The molecule has 0 aromatic heterocycles. The van der Waals surface area contributed by atoms with Crippen LogP contribution < -0.4 is 0 Å². The molecule has 0 aliphatic rings. The van der Waals surface area contributed by atoms with Gasteiger partial charge in [0.05, 0.1) is 0 Å². The van der Waals surface area contributed by atoms with Crippen molar-refractivity contribution >= 4 is 18.5 Å². The highest BCUT2D eigenvalue weighted by molar-refractivity contribution is 7.24. The van der Waals surface area contributed by atoms with Crippen LogP contribution in [0.5, 0.6) is 0 Å². The minimum absolute atomic E-state index is 0.579. The van der Waals surface area contributed by atoms with Crippen LogP contribution in [0.2, 0.25) is 11.1 Å². The second-order valence-corrected chi connectivity index (χ2v) is 9.99. The topological polar surface area (TPSA) is 0 Å². The van der Waals surface area contributed by atoms with Crippen LogP contribution >= 0.6 is 11.1 Å². The predicted molar refractivity (Wildman–Crippen MR) is 61.1 cm³/mol. The fourth-order valence-corrected chi connectivity index (χ4v) is 4.02. The Morgan fingerprint density at radius 1 is 1.17 bits per heavy atom. The largest absolute Gasteiger partial charge is 0.184 e. The van der Waals surface area contributed by atoms with Crippen LogP contribution in [0.1, 0.15) is 27.7 Å². The number of hydrogen-bond acceptors (Lipinski definition) is 0. The Morgan fingerprint density at radius 3 is 1.83 bits per heavy atom. The van der Waals surface area contributed by atoms with E-state index in [0.29, 0.717) is 11.1 Å². The summed E-state index contributed by atoms with van der Waals surface area (Å²) in [6, 6.07) is 0. The molecule has 0 radical (unpaired) electrons. The fourth-order valence-electron chi connectivity index (χ4n) is 1.27. The molecule has 0 saturated heterocycles. The first-order chi connectivity index (χ1) is 5.45. The van der Waals surface area contributed by atoms with Crippen molar-refractivity contribution < 1.29 is 0 Å². The van der Waals surface area contributed by atoms with Crippen LogP contribution in [0.25, 0.3) is 0 Å². The summed E-state index contributed by atoms with van der Waals surface area (Å²) >= 11 is 6.59. The van der Waals surface area contributed by atoms with E-state index in [0.717, 1.165) is 0 Å². The highest BCUT2D eigenvalue weighted by Crippen LogP contribution is 2.36. The molecule has 0 bridgehead atoms. The van der Waals surface area contributed by atoms with E-state index in [1.165, 1.54) is 0 Å². The van der Waals surface area contributed by atoms with E-state index >= 15 is 0 Å². The molecule has 0 amide bonds. The van der Waals surface area contributed by atoms with Crippen LogP contribution in [0.15, 0.2) is 24.4 Å². The second-order valence-electron chi connectivity index (χ2n) is 3.73. The summed E-state index contributed by atoms with van der Waals surface area (Å²) < 4.78 is 0. The molecule has 2 heteroatoms. The molecule has 0 fully saturated rings. The number of hydrogen-bond donors (Lipinski definition) is 0. The number of allylic oxidation sites excluding steroid dienone is 2. The molecule has 0 heterocycles. The van der Waals surface area contributed by atoms with E-state index in [1.54, 1.807) is 6.08 Å². The summed E-state index contributed by atoms with van der Waals surface area (Å²) in [5.74, 6) is 0. The smallest absolute Gasteiger partial charge is 0.161 e. The maximum Gasteiger partial charge on any atom is 0.184 e. The van der Waals surface area contributed by atoms with E-state index < -0.39 is 7.38 Å². The van der Waals surface area contributed by atoms with Gasteiger partial charge in [-0.25, -0.2) is 0 Å². The molecular weight excluding hydrogens is 184 g/mol. The van der Waals surface area contributed by atoms with Gasteiger partial charge in [0.25, 0.3) is 0 Å². The van der Waals surface area contributed by atoms with Gasteiger partial charge in [0, 0.05) is 0 Å². The van der Waals surface area contributed by atoms with Crippen molar-refractivity contribution in [2.24, 2.45) is 0 Å². The minimum Gasteiger partial charge on any atom is -0.161 e. The van der Waals surface area contributed by atoms with Crippen LogP contribution in [-0.4, -0.2) is 7.38 Å². The highest BCUT2D eigenvalue weighted by atomic mass is 35.6. The third-order valence-corrected chi connectivity index (χ3v) is 9.50. The van der Waals surface area contributed by atoms with Gasteiger partial charge in [-0.3, -0.25) is 0 Å². The lowest BCUT2D eigenvalue weighted by molar-refractivity contribution is 0.939. The zero-order chi connectivity index (χ0) is 9.78. The average Bonchev–Trinajstić information content (AvgIpc) is 1.99. The quantitative estimate of drug-likeness (QED) is 0.363. The molecule has 0 rings (SSSR count). The molecule has 0 aromatic rings. The van der Waals surface area contributed by atoms with E-state index in [4.69, 9.17) is 11.1 Å². The second kappa shape index (κ2) is 4.88. The SMILES string of the molecule is C=C/C=C/[Si](Cl)(C(C)C)C(C)C. The Bertz CT molecular complexity index is 163. The van der Waals surface area contributed by atoms with E-state index in [9.17, 15) is 0 Å². The lowest BCUT2D eigenvalue weighted by Crippen LogP contribution is -2.32. The summed E-state index contributed by atoms with van der Waals surface area (Å²) in [7, 11) is -1.70. The Labute approximate surface area is 82.0 Å². The molecule has 12 heavy (non-hydrogen) atoms.